The van der Waals surface area contributed by atoms with Gasteiger partial charge in [0.2, 0.25) is 0 Å². The van der Waals surface area contributed by atoms with Gasteiger partial charge in [-0.05, 0) is 16.5 Å². The average Bonchev–Trinajstić information content (AvgIpc) is 2.15. The van der Waals surface area contributed by atoms with Crippen molar-refractivity contribution in [2.24, 2.45) is 5.41 Å². The fourth-order valence-corrected chi connectivity index (χ4v) is 2.10. The number of hydrogen-bond acceptors (Lipinski definition) is 1. The molecule has 76 valence electrons. The van der Waals surface area contributed by atoms with E-state index in [2.05, 4.69) is 45.0 Å². The molecule has 0 spiro atoms. The van der Waals surface area contributed by atoms with Crippen LogP contribution in [0.25, 0.3) is 0 Å². The largest absolute Gasteiger partial charge is 0.376 e. The lowest BCUT2D eigenvalue weighted by molar-refractivity contribution is 0.0597. The normalized spacial score (nSPS) is 21.8. The van der Waals surface area contributed by atoms with Crippen molar-refractivity contribution in [2.75, 3.05) is 6.61 Å². The predicted octanol–water partition coefficient (Wildman–Crippen LogP) is 3.35. The first-order chi connectivity index (χ1) is 6.59. The van der Waals surface area contributed by atoms with E-state index in [4.69, 9.17) is 4.74 Å². The van der Waals surface area contributed by atoms with Crippen molar-refractivity contribution in [3.63, 3.8) is 0 Å². The zero-order chi connectivity index (χ0) is 10.2. The minimum atomic E-state index is 0.288. The van der Waals surface area contributed by atoms with Crippen LogP contribution in [0.5, 0.6) is 0 Å². The second-order valence-electron chi connectivity index (χ2n) is 5.13. The molecular formula is C13H18O. The number of benzene rings is 1. The minimum Gasteiger partial charge on any atom is -0.376 e. The van der Waals surface area contributed by atoms with Gasteiger partial charge in [0.05, 0.1) is 13.2 Å². The predicted molar refractivity (Wildman–Crippen MR) is 58.3 cm³/mol. The summed E-state index contributed by atoms with van der Waals surface area (Å²) in [4.78, 5) is 0. The molecule has 0 radical (unpaired) electrons. The molecule has 0 saturated heterocycles. The molecule has 0 unspecified atom stereocenters. The van der Waals surface area contributed by atoms with Gasteiger partial charge in [0.25, 0.3) is 0 Å². The molecule has 0 fully saturated rings. The lowest BCUT2D eigenvalue weighted by Crippen LogP contribution is -2.27. The van der Waals surface area contributed by atoms with E-state index in [0.717, 1.165) is 13.2 Å². The molecule has 1 aromatic rings. The van der Waals surface area contributed by atoms with Crippen LogP contribution in [0.3, 0.4) is 0 Å². The molecular weight excluding hydrogens is 172 g/mol. The molecule has 14 heavy (non-hydrogen) atoms. The van der Waals surface area contributed by atoms with Crippen molar-refractivity contribution in [3.8, 4) is 0 Å². The maximum absolute atomic E-state index is 5.64. The second-order valence-corrected chi connectivity index (χ2v) is 5.13. The monoisotopic (exact) mass is 190 g/mol. The van der Waals surface area contributed by atoms with Crippen LogP contribution < -0.4 is 0 Å². The van der Waals surface area contributed by atoms with Crippen molar-refractivity contribution < 1.29 is 4.74 Å². The third-order valence-corrected chi connectivity index (χ3v) is 3.02. The second kappa shape index (κ2) is 3.39. The summed E-state index contributed by atoms with van der Waals surface area (Å²) in [6, 6.07) is 8.64. The van der Waals surface area contributed by atoms with Gasteiger partial charge in [-0.3, -0.25) is 0 Å². The summed E-state index contributed by atoms with van der Waals surface area (Å²) in [6.45, 7) is 8.48. The molecule has 1 aliphatic heterocycles. The molecule has 0 aromatic heterocycles. The fourth-order valence-electron chi connectivity index (χ4n) is 2.10. The van der Waals surface area contributed by atoms with Crippen molar-refractivity contribution >= 4 is 0 Å². The van der Waals surface area contributed by atoms with Gasteiger partial charge in [-0.1, -0.05) is 45.0 Å². The molecule has 1 heterocycles. The van der Waals surface area contributed by atoms with E-state index in [0.29, 0.717) is 5.92 Å². The van der Waals surface area contributed by atoms with Gasteiger partial charge in [-0.25, -0.2) is 0 Å². The minimum absolute atomic E-state index is 0.288. The number of rotatable bonds is 0. The van der Waals surface area contributed by atoms with Crippen LogP contribution >= 0.6 is 0 Å². The highest BCUT2D eigenvalue weighted by Gasteiger charge is 2.30. The summed E-state index contributed by atoms with van der Waals surface area (Å²) in [5, 5.41) is 0. The molecule has 1 aliphatic rings. The first-order valence-corrected chi connectivity index (χ1v) is 5.24. The Labute approximate surface area is 86.1 Å². The zero-order valence-corrected chi connectivity index (χ0v) is 9.21. The Morgan fingerprint density at radius 1 is 1.21 bits per heavy atom. The van der Waals surface area contributed by atoms with E-state index in [1.54, 1.807) is 0 Å². The van der Waals surface area contributed by atoms with Crippen molar-refractivity contribution in [2.45, 2.75) is 33.3 Å². The first kappa shape index (κ1) is 9.72. The molecule has 1 atom stereocenters. The molecule has 0 N–H and O–H groups in total. The van der Waals surface area contributed by atoms with Gasteiger partial charge in [-0.2, -0.15) is 0 Å². The standard InChI is InChI=1S/C13H18O/c1-13(2,3)12-9-14-8-10-6-4-5-7-11(10)12/h4-7,12H,8-9H2,1-3H3/t12-/m1/s1. The smallest absolute Gasteiger partial charge is 0.0719 e. The zero-order valence-electron chi connectivity index (χ0n) is 9.21. The van der Waals surface area contributed by atoms with Gasteiger partial charge >= 0.3 is 0 Å². The molecule has 0 saturated carbocycles. The number of hydrogen-bond donors (Lipinski definition) is 0. The van der Waals surface area contributed by atoms with Crippen LogP contribution in [0.15, 0.2) is 24.3 Å². The third-order valence-electron chi connectivity index (χ3n) is 3.02. The maximum atomic E-state index is 5.64. The summed E-state index contributed by atoms with van der Waals surface area (Å²) in [5.41, 5.74) is 3.13. The van der Waals surface area contributed by atoms with E-state index in [1.807, 2.05) is 0 Å². The number of fused-ring (bicyclic) bond motifs is 1. The third kappa shape index (κ3) is 1.69. The Morgan fingerprint density at radius 2 is 1.93 bits per heavy atom. The van der Waals surface area contributed by atoms with Crippen LogP contribution in [0.4, 0.5) is 0 Å². The lowest BCUT2D eigenvalue weighted by Gasteiger charge is -2.35. The highest BCUT2D eigenvalue weighted by Crippen LogP contribution is 2.39. The Kier molecular flexibility index (Phi) is 2.36. The summed E-state index contributed by atoms with van der Waals surface area (Å²) in [5.74, 6) is 0.535. The van der Waals surface area contributed by atoms with Gasteiger partial charge in [-0.15, -0.1) is 0 Å². The molecule has 0 aliphatic carbocycles. The molecule has 0 bridgehead atoms. The Hall–Kier alpha value is -0.820. The van der Waals surface area contributed by atoms with E-state index in [9.17, 15) is 0 Å². The van der Waals surface area contributed by atoms with E-state index < -0.39 is 0 Å². The molecule has 1 nitrogen and oxygen atoms in total. The Bertz CT molecular complexity index is 322. The van der Waals surface area contributed by atoms with Crippen molar-refractivity contribution in [1.29, 1.82) is 0 Å². The summed E-state index contributed by atoms with van der Waals surface area (Å²) in [6.07, 6.45) is 0. The first-order valence-electron chi connectivity index (χ1n) is 5.24. The summed E-state index contributed by atoms with van der Waals surface area (Å²) >= 11 is 0. The van der Waals surface area contributed by atoms with Crippen LogP contribution in [0.2, 0.25) is 0 Å². The van der Waals surface area contributed by atoms with Crippen LogP contribution in [-0.2, 0) is 11.3 Å². The summed E-state index contributed by atoms with van der Waals surface area (Å²) in [7, 11) is 0. The van der Waals surface area contributed by atoms with E-state index in [1.165, 1.54) is 11.1 Å². The fraction of sp³-hybridized carbons (Fsp3) is 0.538. The van der Waals surface area contributed by atoms with E-state index >= 15 is 0 Å². The lowest BCUT2D eigenvalue weighted by atomic mass is 9.75. The van der Waals surface area contributed by atoms with Crippen LogP contribution in [0.1, 0.15) is 37.8 Å². The summed E-state index contributed by atoms with van der Waals surface area (Å²) < 4.78 is 5.64. The van der Waals surface area contributed by atoms with Crippen LogP contribution in [0, 0.1) is 5.41 Å². The van der Waals surface area contributed by atoms with Gasteiger partial charge < -0.3 is 4.74 Å². The average molecular weight is 190 g/mol. The Balaban J connectivity index is 2.41. The molecule has 1 heteroatoms. The topological polar surface area (TPSA) is 9.23 Å². The van der Waals surface area contributed by atoms with Crippen molar-refractivity contribution in [1.82, 2.24) is 0 Å². The quantitative estimate of drug-likeness (QED) is 0.609. The SMILES string of the molecule is CC(C)(C)[C@@H]1COCc2ccccc21. The van der Waals surface area contributed by atoms with Gasteiger partial charge in [0.15, 0.2) is 0 Å². The highest BCUT2D eigenvalue weighted by molar-refractivity contribution is 5.32. The molecule has 1 aromatic carbocycles. The molecule has 2 rings (SSSR count). The van der Waals surface area contributed by atoms with E-state index in [-0.39, 0.29) is 5.41 Å². The van der Waals surface area contributed by atoms with Crippen LogP contribution in [-0.4, -0.2) is 6.61 Å². The maximum Gasteiger partial charge on any atom is 0.0719 e. The van der Waals surface area contributed by atoms with Crippen molar-refractivity contribution in [3.05, 3.63) is 35.4 Å². The molecule has 0 amide bonds. The Morgan fingerprint density at radius 3 is 2.64 bits per heavy atom. The highest BCUT2D eigenvalue weighted by atomic mass is 16.5. The van der Waals surface area contributed by atoms with Gasteiger partial charge in [0.1, 0.15) is 0 Å². The number of ether oxygens (including phenoxy) is 1. The van der Waals surface area contributed by atoms with Gasteiger partial charge in [0, 0.05) is 5.92 Å².